The second kappa shape index (κ2) is 8.02. The van der Waals surface area contributed by atoms with Crippen molar-refractivity contribution in [3.8, 4) is 5.75 Å². The average molecular weight is 344 g/mol. The molecule has 3 rings (SSSR count). The van der Waals surface area contributed by atoms with Crippen LogP contribution in [0.15, 0.2) is 36.7 Å². The van der Waals surface area contributed by atoms with Gasteiger partial charge >= 0.3 is 6.03 Å². The highest BCUT2D eigenvalue weighted by Crippen LogP contribution is 2.23. The molecular weight excluding hydrogens is 320 g/mol. The summed E-state index contributed by atoms with van der Waals surface area (Å²) in [4.78, 5) is 16.8. The van der Waals surface area contributed by atoms with Crippen LogP contribution in [-0.4, -0.2) is 42.5 Å². The van der Waals surface area contributed by atoms with Gasteiger partial charge in [0.1, 0.15) is 17.6 Å². The minimum absolute atomic E-state index is 0.212. The fraction of sp³-hybridized carbons (Fsp3) is 0.444. The normalized spacial score (nSPS) is 17.9. The maximum atomic E-state index is 12.4. The summed E-state index contributed by atoms with van der Waals surface area (Å²) in [5.74, 6) is 1.93. The van der Waals surface area contributed by atoms with E-state index in [1.54, 1.807) is 13.3 Å². The Balaban J connectivity index is 1.71. The molecule has 1 aromatic heterocycles. The number of carbonyl (C=O) groups is 1. The van der Waals surface area contributed by atoms with E-state index in [1.807, 2.05) is 42.1 Å². The fourth-order valence-corrected chi connectivity index (χ4v) is 2.91. The number of rotatable bonds is 6. The summed E-state index contributed by atoms with van der Waals surface area (Å²) in [5, 5.41) is 5.96. The van der Waals surface area contributed by atoms with Crippen LogP contribution in [0.2, 0.25) is 0 Å². The SMILES string of the molecule is COc1ccc([C@@H](NC(=O)NC[C@@H]2CCOC2)c2nccn2C)cc1. The van der Waals surface area contributed by atoms with Gasteiger partial charge in [0.25, 0.3) is 0 Å². The summed E-state index contributed by atoms with van der Waals surface area (Å²) < 4.78 is 12.4. The Morgan fingerprint density at radius 2 is 2.24 bits per heavy atom. The second-order valence-electron chi connectivity index (χ2n) is 6.19. The van der Waals surface area contributed by atoms with E-state index in [1.165, 1.54) is 0 Å². The first-order chi connectivity index (χ1) is 12.2. The molecule has 0 radical (unpaired) electrons. The predicted octanol–water partition coefficient (Wildman–Crippen LogP) is 1.85. The van der Waals surface area contributed by atoms with Gasteiger partial charge in [-0.1, -0.05) is 12.1 Å². The first kappa shape index (κ1) is 17.3. The van der Waals surface area contributed by atoms with E-state index in [9.17, 15) is 4.79 Å². The quantitative estimate of drug-likeness (QED) is 0.838. The number of urea groups is 1. The van der Waals surface area contributed by atoms with Crippen LogP contribution in [0.4, 0.5) is 4.79 Å². The minimum Gasteiger partial charge on any atom is -0.497 e. The van der Waals surface area contributed by atoms with Crippen LogP contribution in [0, 0.1) is 5.92 Å². The smallest absolute Gasteiger partial charge is 0.315 e. The standard InChI is InChI=1S/C18H24N4O3/c1-22-9-8-19-17(22)16(14-3-5-15(24-2)6-4-14)21-18(23)20-11-13-7-10-25-12-13/h3-6,8-9,13,16H,7,10-12H2,1-2H3,(H2,20,21,23)/t13-,16+/m0/s1. The molecule has 0 bridgehead atoms. The van der Waals surface area contributed by atoms with Crippen molar-refractivity contribution < 1.29 is 14.3 Å². The Bertz CT molecular complexity index is 693. The summed E-state index contributed by atoms with van der Waals surface area (Å²) in [6.07, 6.45) is 4.57. The number of aryl methyl sites for hydroxylation is 1. The zero-order valence-corrected chi connectivity index (χ0v) is 14.6. The molecule has 2 atom stereocenters. The molecule has 2 aromatic rings. The molecule has 1 aliphatic heterocycles. The second-order valence-corrected chi connectivity index (χ2v) is 6.19. The number of methoxy groups -OCH3 is 1. The van der Waals surface area contributed by atoms with Crippen molar-refractivity contribution in [3.63, 3.8) is 0 Å². The summed E-state index contributed by atoms with van der Waals surface area (Å²) in [5.41, 5.74) is 0.939. The van der Waals surface area contributed by atoms with Gasteiger partial charge in [-0.25, -0.2) is 9.78 Å². The zero-order chi connectivity index (χ0) is 17.6. The number of ether oxygens (including phenoxy) is 2. The number of benzene rings is 1. The summed E-state index contributed by atoms with van der Waals surface area (Å²) in [6.45, 7) is 2.10. The van der Waals surface area contributed by atoms with Crippen molar-refractivity contribution in [1.29, 1.82) is 0 Å². The molecule has 134 valence electrons. The highest BCUT2D eigenvalue weighted by molar-refractivity contribution is 5.74. The third-order valence-electron chi connectivity index (χ3n) is 4.42. The first-order valence-corrected chi connectivity index (χ1v) is 8.40. The molecule has 0 unspecified atom stereocenters. The minimum atomic E-state index is -0.342. The molecule has 1 aliphatic rings. The molecule has 1 aromatic carbocycles. The van der Waals surface area contributed by atoms with Crippen LogP contribution in [0.3, 0.4) is 0 Å². The van der Waals surface area contributed by atoms with E-state index in [4.69, 9.17) is 9.47 Å². The van der Waals surface area contributed by atoms with E-state index < -0.39 is 0 Å². The van der Waals surface area contributed by atoms with Gasteiger partial charge in [-0.2, -0.15) is 0 Å². The van der Waals surface area contributed by atoms with Gasteiger partial charge in [-0.15, -0.1) is 0 Å². The Labute approximate surface area is 147 Å². The van der Waals surface area contributed by atoms with Gasteiger partial charge in [0.05, 0.1) is 13.7 Å². The van der Waals surface area contributed by atoms with E-state index in [0.717, 1.165) is 30.2 Å². The molecule has 2 heterocycles. The van der Waals surface area contributed by atoms with Crippen LogP contribution in [-0.2, 0) is 11.8 Å². The van der Waals surface area contributed by atoms with Gasteiger partial charge in [-0.05, 0) is 24.1 Å². The molecule has 0 aliphatic carbocycles. The van der Waals surface area contributed by atoms with Crippen molar-refractivity contribution in [2.75, 3.05) is 26.9 Å². The lowest BCUT2D eigenvalue weighted by Gasteiger charge is -2.20. The fourth-order valence-electron chi connectivity index (χ4n) is 2.91. The molecule has 0 saturated carbocycles. The topological polar surface area (TPSA) is 77.4 Å². The van der Waals surface area contributed by atoms with E-state index in [-0.39, 0.29) is 12.1 Å². The molecule has 7 nitrogen and oxygen atoms in total. The molecule has 0 spiro atoms. The zero-order valence-electron chi connectivity index (χ0n) is 14.6. The Morgan fingerprint density at radius 1 is 1.44 bits per heavy atom. The molecule has 1 saturated heterocycles. The molecule has 25 heavy (non-hydrogen) atoms. The largest absolute Gasteiger partial charge is 0.497 e. The lowest BCUT2D eigenvalue weighted by molar-refractivity contribution is 0.185. The van der Waals surface area contributed by atoms with Crippen LogP contribution in [0.1, 0.15) is 23.9 Å². The van der Waals surface area contributed by atoms with Gasteiger partial charge in [0.15, 0.2) is 0 Å². The van der Waals surface area contributed by atoms with Gasteiger partial charge in [0, 0.05) is 38.5 Å². The van der Waals surface area contributed by atoms with Gasteiger partial charge in [0.2, 0.25) is 0 Å². The molecule has 7 heteroatoms. The number of aromatic nitrogens is 2. The number of nitrogens with zero attached hydrogens (tertiary/aromatic N) is 2. The molecule has 2 amide bonds. The molecular formula is C18H24N4O3. The van der Waals surface area contributed by atoms with Crippen molar-refractivity contribution in [3.05, 3.63) is 48.0 Å². The van der Waals surface area contributed by atoms with E-state index in [2.05, 4.69) is 15.6 Å². The van der Waals surface area contributed by atoms with E-state index >= 15 is 0 Å². The monoisotopic (exact) mass is 344 g/mol. The number of carbonyl (C=O) groups excluding carboxylic acids is 1. The highest BCUT2D eigenvalue weighted by atomic mass is 16.5. The lowest BCUT2D eigenvalue weighted by atomic mass is 10.1. The Hall–Kier alpha value is -2.54. The van der Waals surface area contributed by atoms with Crippen LogP contribution >= 0.6 is 0 Å². The number of amides is 2. The number of imidazole rings is 1. The predicted molar refractivity (Wildman–Crippen MR) is 93.5 cm³/mol. The maximum absolute atomic E-state index is 12.4. The van der Waals surface area contributed by atoms with Gasteiger partial charge < -0.3 is 24.7 Å². The number of hydrogen-bond donors (Lipinski definition) is 2. The Morgan fingerprint density at radius 3 is 2.84 bits per heavy atom. The lowest BCUT2D eigenvalue weighted by Crippen LogP contribution is -2.41. The average Bonchev–Trinajstić information content (AvgIpc) is 3.30. The summed E-state index contributed by atoms with van der Waals surface area (Å²) >= 11 is 0. The van der Waals surface area contributed by atoms with Crippen LogP contribution in [0.5, 0.6) is 5.75 Å². The third-order valence-corrected chi connectivity index (χ3v) is 4.42. The Kier molecular flexibility index (Phi) is 5.55. The number of nitrogens with one attached hydrogen (secondary N) is 2. The molecule has 2 N–H and O–H groups in total. The number of hydrogen-bond acceptors (Lipinski definition) is 4. The van der Waals surface area contributed by atoms with Crippen molar-refractivity contribution >= 4 is 6.03 Å². The van der Waals surface area contributed by atoms with Crippen molar-refractivity contribution in [2.24, 2.45) is 13.0 Å². The first-order valence-electron chi connectivity index (χ1n) is 8.40. The van der Waals surface area contributed by atoms with Crippen molar-refractivity contribution in [1.82, 2.24) is 20.2 Å². The van der Waals surface area contributed by atoms with Crippen LogP contribution < -0.4 is 15.4 Å². The third kappa shape index (κ3) is 4.30. The summed E-state index contributed by atoms with van der Waals surface area (Å²) in [6, 6.07) is 7.06. The maximum Gasteiger partial charge on any atom is 0.315 e. The van der Waals surface area contributed by atoms with Crippen LogP contribution in [0.25, 0.3) is 0 Å². The van der Waals surface area contributed by atoms with Gasteiger partial charge in [-0.3, -0.25) is 0 Å². The van der Waals surface area contributed by atoms with Crippen molar-refractivity contribution in [2.45, 2.75) is 12.5 Å². The summed E-state index contributed by atoms with van der Waals surface area (Å²) in [7, 11) is 3.54. The van der Waals surface area contributed by atoms with E-state index in [0.29, 0.717) is 19.1 Å². The molecule has 1 fully saturated rings. The highest BCUT2D eigenvalue weighted by Gasteiger charge is 2.22.